The zero-order valence-corrected chi connectivity index (χ0v) is 33.3. The van der Waals surface area contributed by atoms with E-state index in [1.807, 2.05) is 12.2 Å². The molecule has 1 fully saturated rings. The van der Waals surface area contributed by atoms with Crippen LogP contribution in [0.5, 0.6) is 0 Å². The van der Waals surface area contributed by atoms with Gasteiger partial charge in [0.25, 0.3) is 0 Å². The Hall–Kier alpha value is -2.40. The van der Waals surface area contributed by atoms with Gasteiger partial charge < -0.3 is 29.5 Å². The minimum absolute atomic E-state index is 0.0164. The number of unbranched alkanes of at least 4 members (excludes halogenated alkanes) is 11. The van der Waals surface area contributed by atoms with Gasteiger partial charge in [-0.25, -0.2) is 4.57 Å². The van der Waals surface area contributed by atoms with Gasteiger partial charge in [0.2, 0.25) is 0 Å². The number of allylic oxidation sites excluding steroid dienone is 7. The molecule has 0 unspecified atom stereocenters. The number of hydrogen-bond donors (Lipinski definition) is 4. The molecule has 0 aromatic rings. The maximum atomic E-state index is 12.5. The third kappa shape index (κ3) is 26.9. The van der Waals surface area contributed by atoms with Gasteiger partial charge in [0, 0.05) is 31.1 Å². The van der Waals surface area contributed by atoms with E-state index < -0.39 is 50.6 Å². The maximum absolute atomic E-state index is 12.5. The first-order chi connectivity index (χ1) is 25.5. The van der Waals surface area contributed by atoms with Crippen LogP contribution in [0.15, 0.2) is 48.6 Å². The van der Waals surface area contributed by atoms with Crippen molar-refractivity contribution >= 4 is 25.5 Å². The fourth-order valence-electron chi connectivity index (χ4n) is 6.09. The number of aliphatic hydroxyl groups excluding tert-OH is 2. The first-order valence-electron chi connectivity index (χ1n) is 20.0. The average molecular weight is 769 g/mol. The summed E-state index contributed by atoms with van der Waals surface area (Å²) in [6, 6.07) is 0. The van der Waals surface area contributed by atoms with Crippen LogP contribution in [0.25, 0.3) is 0 Å². The number of Topliss-reactive ketones (excluding diaryl/α,β-unsaturated/α-hetero) is 1. The zero-order valence-electron chi connectivity index (χ0n) is 32.4. The SMILES string of the molecule is CCCCC/C=C\C/C=C\CCCCCCCC(=O)OC[C@H](COP(=O)(O)O)OC(=O)CCC/C=C\C[C@H]1[C@@H](O)CC(=O)[C@@H]1/C=C/[C@@H](O)CCCCC. The molecule has 1 saturated carbocycles. The summed E-state index contributed by atoms with van der Waals surface area (Å²) in [5, 5.41) is 20.6. The lowest BCUT2D eigenvalue weighted by molar-refractivity contribution is -0.161. The minimum Gasteiger partial charge on any atom is -0.462 e. The van der Waals surface area contributed by atoms with Crippen LogP contribution >= 0.6 is 7.82 Å². The predicted molar refractivity (Wildman–Crippen MR) is 208 cm³/mol. The van der Waals surface area contributed by atoms with Gasteiger partial charge in [0.1, 0.15) is 12.4 Å². The van der Waals surface area contributed by atoms with Crippen molar-refractivity contribution in [2.45, 2.75) is 167 Å². The fraction of sp³-hybridized carbons (Fsp3) is 0.732. The van der Waals surface area contributed by atoms with Gasteiger partial charge in [-0.2, -0.15) is 0 Å². The van der Waals surface area contributed by atoms with Crippen LogP contribution in [-0.2, 0) is 32.9 Å². The Labute approximate surface area is 318 Å². The maximum Gasteiger partial charge on any atom is 0.469 e. The molecule has 1 aliphatic carbocycles. The molecule has 0 aromatic heterocycles. The molecule has 11 nitrogen and oxygen atoms in total. The lowest BCUT2D eigenvalue weighted by Crippen LogP contribution is -2.29. The zero-order chi connectivity index (χ0) is 39.2. The molecule has 4 N–H and O–H groups in total. The number of ketones is 1. The second-order valence-electron chi connectivity index (χ2n) is 14.0. The van der Waals surface area contributed by atoms with Crippen LogP contribution in [-0.4, -0.2) is 69.2 Å². The summed E-state index contributed by atoms with van der Waals surface area (Å²) in [7, 11) is -4.83. The highest BCUT2D eigenvalue weighted by Crippen LogP contribution is 2.36. The molecule has 1 rings (SSSR count). The Morgan fingerprint density at radius 2 is 1.40 bits per heavy atom. The molecule has 12 heteroatoms. The molecule has 0 heterocycles. The van der Waals surface area contributed by atoms with E-state index in [1.54, 1.807) is 12.2 Å². The molecule has 53 heavy (non-hydrogen) atoms. The van der Waals surface area contributed by atoms with Crippen molar-refractivity contribution in [2.75, 3.05) is 13.2 Å². The molecule has 0 aromatic carbocycles. The summed E-state index contributed by atoms with van der Waals surface area (Å²) in [5.41, 5.74) is 0. The Morgan fingerprint density at radius 3 is 2.09 bits per heavy atom. The van der Waals surface area contributed by atoms with Gasteiger partial charge in [-0.3, -0.25) is 18.9 Å². The summed E-state index contributed by atoms with van der Waals surface area (Å²) < 4.78 is 26.3. The van der Waals surface area contributed by atoms with Crippen molar-refractivity contribution in [2.24, 2.45) is 11.8 Å². The molecule has 5 atom stereocenters. The first-order valence-corrected chi connectivity index (χ1v) is 21.6. The molecular weight excluding hydrogens is 699 g/mol. The van der Waals surface area contributed by atoms with Crippen molar-refractivity contribution in [3.05, 3.63) is 48.6 Å². The summed E-state index contributed by atoms with van der Waals surface area (Å²) in [6.07, 6.45) is 30.5. The van der Waals surface area contributed by atoms with Crippen molar-refractivity contribution in [3.8, 4) is 0 Å². The summed E-state index contributed by atoms with van der Waals surface area (Å²) in [6.45, 7) is 3.30. The van der Waals surface area contributed by atoms with E-state index in [1.165, 1.54) is 19.3 Å². The lowest BCUT2D eigenvalue weighted by atomic mass is 9.90. The molecule has 0 spiro atoms. The number of phosphoric acid groups is 1. The van der Waals surface area contributed by atoms with E-state index in [4.69, 9.17) is 19.3 Å². The van der Waals surface area contributed by atoms with Gasteiger partial charge >= 0.3 is 19.8 Å². The quantitative estimate of drug-likeness (QED) is 0.0223. The van der Waals surface area contributed by atoms with E-state index in [9.17, 15) is 29.2 Å². The molecule has 1 aliphatic rings. The second kappa shape index (κ2) is 30.9. The highest BCUT2D eigenvalue weighted by atomic mass is 31.2. The average Bonchev–Trinajstić information content (AvgIpc) is 3.38. The molecule has 304 valence electrons. The summed E-state index contributed by atoms with van der Waals surface area (Å²) >= 11 is 0. The molecule has 0 aliphatic heterocycles. The smallest absolute Gasteiger partial charge is 0.462 e. The third-order valence-electron chi connectivity index (χ3n) is 9.20. The highest BCUT2D eigenvalue weighted by Gasteiger charge is 2.39. The number of ether oxygens (including phenoxy) is 2. The largest absolute Gasteiger partial charge is 0.469 e. The molecule has 0 radical (unpaired) electrons. The summed E-state index contributed by atoms with van der Waals surface area (Å²) in [4.78, 5) is 55.4. The highest BCUT2D eigenvalue weighted by molar-refractivity contribution is 7.46. The van der Waals surface area contributed by atoms with E-state index in [0.717, 1.165) is 64.2 Å². The van der Waals surface area contributed by atoms with Gasteiger partial charge in [-0.05, 0) is 64.2 Å². The predicted octanol–water partition coefficient (Wildman–Crippen LogP) is 8.54. The van der Waals surface area contributed by atoms with Crippen LogP contribution in [0.1, 0.15) is 149 Å². The normalized spacial score (nSPS) is 19.3. The van der Waals surface area contributed by atoms with Crippen LogP contribution in [0, 0.1) is 11.8 Å². The van der Waals surface area contributed by atoms with Crippen molar-refractivity contribution in [1.82, 2.24) is 0 Å². The lowest BCUT2D eigenvalue weighted by Gasteiger charge is -2.18. The number of carbonyl (C=O) groups is 3. The van der Waals surface area contributed by atoms with Crippen LogP contribution in [0.2, 0.25) is 0 Å². The van der Waals surface area contributed by atoms with Crippen molar-refractivity contribution in [3.63, 3.8) is 0 Å². The van der Waals surface area contributed by atoms with E-state index in [0.29, 0.717) is 32.1 Å². The molecular formula is C41H69O11P. The van der Waals surface area contributed by atoms with Crippen LogP contribution in [0.4, 0.5) is 0 Å². The van der Waals surface area contributed by atoms with E-state index >= 15 is 0 Å². The van der Waals surface area contributed by atoms with E-state index in [2.05, 4.69) is 42.7 Å². The Kier molecular flexibility index (Phi) is 28.3. The standard InChI is InChI=1S/C41H69O11P/c1-3-5-7-8-9-10-11-12-13-14-15-16-17-18-23-27-40(45)50-32-35(33-51-53(47,48)49)52-41(46)28-24-20-19-22-26-36-37(39(44)31-38(36)43)30-29-34(42)25-21-6-4-2/h9-10,12-13,19,22,29-30,34-38,42-43H,3-8,11,14-18,20-21,23-28,31-33H2,1-2H3,(H2,47,48,49)/b10-9-,13-12-,22-19-,30-29+/t34-,35+,36+,37+,38-/m0/s1. The number of carbonyl (C=O) groups excluding carboxylic acids is 3. The van der Waals surface area contributed by atoms with Crippen molar-refractivity contribution < 1.29 is 52.9 Å². The number of esters is 2. The first kappa shape index (κ1) is 48.6. The second-order valence-corrected chi connectivity index (χ2v) is 15.3. The van der Waals surface area contributed by atoms with Gasteiger partial charge in [-0.15, -0.1) is 0 Å². The fourth-order valence-corrected chi connectivity index (χ4v) is 6.45. The van der Waals surface area contributed by atoms with Gasteiger partial charge in [0.15, 0.2) is 6.10 Å². The van der Waals surface area contributed by atoms with Crippen molar-refractivity contribution in [1.29, 1.82) is 0 Å². The minimum atomic E-state index is -4.83. The molecule has 0 amide bonds. The Balaban J connectivity index is 2.34. The topological polar surface area (TPSA) is 177 Å². The van der Waals surface area contributed by atoms with E-state index in [-0.39, 0.29) is 37.6 Å². The number of rotatable bonds is 32. The Bertz CT molecular complexity index is 1160. The number of phosphoric ester groups is 1. The molecule has 0 saturated heterocycles. The number of hydrogen-bond acceptors (Lipinski definition) is 9. The van der Waals surface area contributed by atoms with Crippen LogP contribution in [0.3, 0.4) is 0 Å². The van der Waals surface area contributed by atoms with Gasteiger partial charge in [-0.1, -0.05) is 114 Å². The Morgan fingerprint density at radius 1 is 0.792 bits per heavy atom. The third-order valence-corrected chi connectivity index (χ3v) is 9.68. The van der Waals surface area contributed by atoms with Gasteiger partial charge in [0.05, 0.1) is 18.8 Å². The van der Waals surface area contributed by atoms with Crippen LogP contribution < -0.4 is 0 Å². The monoisotopic (exact) mass is 768 g/mol. The molecule has 0 bridgehead atoms. The summed E-state index contributed by atoms with van der Waals surface area (Å²) in [5.74, 6) is -1.88. The number of aliphatic hydroxyl groups is 2.